The molecule has 0 bridgehead atoms. The van der Waals surface area contributed by atoms with Gasteiger partial charge in [0, 0.05) is 21.2 Å². The van der Waals surface area contributed by atoms with Gasteiger partial charge >= 0.3 is 6.03 Å². The van der Waals surface area contributed by atoms with E-state index in [0.717, 1.165) is 31.8 Å². The molecule has 0 N–H and O–H groups in total. The SMILES string of the molecule is COc1ccc([C@@H](Cc2cc(Br)ccc2SC(C)(C)C)C(=O)N2C(=O)N(C)[C@@H](C)[C@H]2c2ccccc2)cc1. The summed E-state index contributed by atoms with van der Waals surface area (Å²) in [4.78, 5) is 32.3. The van der Waals surface area contributed by atoms with Crippen LogP contribution in [0, 0.1) is 0 Å². The highest BCUT2D eigenvalue weighted by molar-refractivity contribution is 9.10. The minimum Gasteiger partial charge on any atom is -0.497 e. The van der Waals surface area contributed by atoms with Crippen LogP contribution in [0.2, 0.25) is 0 Å². The number of carbonyl (C=O) groups is 2. The van der Waals surface area contributed by atoms with Gasteiger partial charge in [-0.1, -0.05) is 79.2 Å². The van der Waals surface area contributed by atoms with Crippen LogP contribution in [0.5, 0.6) is 5.75 Å². The average molecular weight is 596 g/mol. The number of amides is 3. The third kappa shape index (κ3) is 6.10. The summed E-state index contributed by atoms with van der Waals surface area (Å²) >= 11 is 5.41. The lowest BCUT2D eigenvalue weighted by molar-refractivity contribution is -0.131. The first-order chi connectivity index (χ1) is 18.0. The van der Waals surface area contributed by atoms with E-state index in [4.69, 9.17) is 4.74 Å². The molecular weight excluding hydrogens is 560 g/mol. The molecule has 200 valence electrons. The van der Waals surface area contributed by atoms with Crippen molar-refractivity contribution < 1.29 is 14.3 Å². The normalized spacial score (nSPS) is 18.6. The second-order valence-corrected chi connectivity index (χ2v) is 13.5. The predicted molar refractivity (Wildman–Crippen MR) is 158 cm³/mol. The smallest absolute Gasteiger partial charge is 0.327 e. The summed E-state index contributed by atoms with van der Waals surface area (Å²) in [6, 6.07) is 22.9. The summed E-state index contributed by atoms with van der Waals surface area (Å²) in [7, 11) is 3.39. The molecule has 3 atom stereocenters. The van der Waals surface area contributed by atoms with Crippen LogP contribution in [0.15, 0.2) is 82.2 Å². The molecule has 1 saturated heterocycles. The van der Waals surface area contributed by atoms with E-state index in [0.29, 0.717) is 6.42 Å². The highest BCUT2D eigenvalue weighted by atomic mass is 79.9. The van der Waals surface area contributed by atoms with E-state index in [9.17, 15) is 9.59 Å². The molecule has 1 aliphatic heterocycles. The standard InChI is InChI=1S/C31H35BrN2O3S/c1-20-28(22-10-8-7-9-11-22)34(30(36)33(20)5)29(35)26(21-12-15-25(37-6)16-13-21)19-23-18-24(32)14-17-27(23)38-31(2,3)4/h7-18,20,26,28H,19H2,1-6H3/t20-,26+,28-/m0/s1. The molecule has 7 heteroatoms. The van der Waals surface area contributed by atoms with Crippen molar-refractivity contribution in [2.45, 2.75) is 61.8 Å². The van der Waals surface area contributed by atoms with Gasteiger partial charge in [0.15, 0.2) is 0 Å². The number of likely N-dealkylation sites (N-methyl/N-ethyl adjacent to an activating group) is 1. The van der Waals surface area contributed by atoms with Crippen molar-refractivity contribution >= 4 is 39.6 Å². The fourth-order valence-electron chi connectivity index (χ4n) is 4.91. The Morgan fingerprint density at radius 1 is 1.05 bits per heavy atom. The lowest BCUT2D eigenvalue weighted by atomic mass is 9.89. The Balaban J connectivity index is 1.80. The molecule has 1 fully saturated rings. The molecule has 0 radical (unpaired) electrons. The third-order valence-electron chi connectivity index (χ3n) is 6.91. The molecule has 4 rings (SSSR count). The molecule has 0 aliphatic carbocycles. The summed E-state index contributed by atoms with van der Waals surface area (Å²) in [5.41, 5.74) is 2.87. The summed E-state index contributed by atoms with van der Waals surface area (Å²) in [5, 5.41) is 0. The maximum Gasteiger partial charge on any atom is 0.327 e. The molecule has 0 saturated carbocycles. The Bertz CT molecular complexity index is 1290. The number of halogens is 1. The van der Waals surface area contributed by atoms with E-state index in [2.05, 4.69) is 48.8 Å². The van der Waals surface area contributed by atoms with Gasteiger partial charge in [0.2, 0.25) is 5.91 Å². The molecule has 3 aromatic rings. The largest absolute Gasteiger partial charge is 0.497 e. The highest BCUT2D eigenvalue weighted by Crippen LogP contribution is 2.41. The van der Waals surface area contributed by atoms with Crippen molar-refractivity contribution in [1.29, 1.82) is 0 Å². The molecule has 1 aliphatic rings. The first-order valence-electron chi connectivity index (χ1n) is 12.8. The molecule has 0 aromatic heterocycles. The van der Waals surface area contributed by atoms with Crippen LogP contribution < -0.4 is 4.74 Å². The van der Waals surface area contributed by atoms with E-state index < -0.39 is 5.92 Å². The third-order valence-corrected chi connectivity index (χ3v) is 8.64. The summed E-state index contributed by atoms with van der Waals surface area (Å²) in [5.74, 6) is -0.0283. The Hall–Kier alpha value is -2.77. The van der Waals surface area contributed by atoms with Crippen molar-refractivity contribution in [2.24, 2.45) is 0 Å². The zero-order valence-electron chi connectivity index (χ0n) is 22.8. The quantitative estimate of drug-likeness (QED) is 0.263. The number of methoxy groups -OCH3 is 1. The number of carbonyl (C=O) groups excluding carboxylic acids is 2. The van der Waals surface area contributed by atoms with Gasteiger partial charge in [0.05, 0.1) is 25.1 Å². The number of hydrogen-bond donors (Lipinski definition) is 0. The highest BCUT2D eigenvalue weighted by Gasteiger charge is 2.47. The molecule has 0 spiro atoms. The first kappa shape index (κ1) is 28.2. The van der Waals surface area contributed by atoms with Gasteiger partial charge in [-0.15, -0.1) is 11.8 Å². The van der Waals surface area contributed by atoms with Crippen LogP contribution >= 0.6 is 27.7 Å². The Labute approximate surface area is 238 Å². The summed E-state index contributed by atoms with van der Waals surface area (Å²) in [6.07, 6.45) is 0.465. The minimum absolute atomic E-state index is 0.00364. The van der Waals surface area contributed by atoms with Crippen LogP contribution in [0.1, 0.15) is 56.3 Å². The fraction of sp³-hybridized carbons (Fsp3) is 0.355. The van der Waals surface area contributed by atoms with E-state index in [-0.39, 0.29) is 28.8 Å². The number of ether oxygens (including phenoxy) is 1. The summed E-state index contributed by atoms with van der Waals surface area (Å²) < 4.78 is 6.33. The molecular formula is C31H35BrN2O3S. The Kier molecular flexibility index (Phi) is 8.58. The van der Waals surface area contributed by atoms with Gasteiger partial charge in [-0.05, 0) is 60.4 Å². The zero-order chi connectivity index (χ0) is 27.6. The van der Waals surface area contributed by atoms with Crippen LogP contribution in [0.25, 0.3) is 0 Å². The topological polar surface area (TPSA) is 49.9 Å². The van der Waals surface area contributed by atoms with E-state index in [1.807, 2.05) is 67.6 Å². The number of imide groups is 1. The van der Waals surface area contributed by atoms with Crippen molar-refractivity contribution in [3.8, 4) is 5.75 Å². The molecule has 3 amide bonds. The maximum absolute atomic E-state index is 14.5. The van der Waals surface area contributed by atoms with Crippen molar-refractivity contribution in [3.05, 3.63) is 94.0 Å². The van der Waals surface area contributed by atoms with Crippen LogP contribution in [0.4, 0.5) is 4.79 Å². The van der Waals surface area contributed by atoms with Crippen molar-refractivity contribution in [1.82, 2.24) is 9.80 Å². The molecule has 5 nitrogen and oxygen atoms in total. The first-order valence-corrected chi connectivity index (χ1v) is 14.4. The number of urea groups is 1. The number of nitrogens with zero attached hydrogens (tertiary/aromatic N) is 2. The predicted octanol–water partition coefficient (Wildman–Crippen LogP) is 7.70. The van der Waals surface area contributed by atoms with E-state index in [1.54, 1.807) is 30.8 Å². The van der Waals surface area contributed by atoms with Gasteiger partial charge in [-0.3, -0.25) is 9.69 Å². The number of rotatable bonds is 7. The zero-order valence-corrected chi connectivity index (χ0v) is 25.2. The van der Waals surface area contributed by atoms with Crippen LogP contribution in [-0.2, 0) is 11.2 Å². The second kappa shape index (κ2) is 11.5. The van der Waals surface area contributed by atoms with E-state index in [1.165, 1.54) is 4.90 Å². The molecule has 3 aromatic carbocycles. The van der Waals surface area contributed by atoms with Gasteiger partial charge in [-0.25, -0.2) is 4.79 Å². The number of benzene rings is 3. The lowest BCUT2D eigenvalue weighted by Crippen LogP contribution is -2.40. The molecule has 38 heavy (non-hydrogen) atoms. The Morgan fingerprint density at radius 3 is 2.32 bits per heavy atom. The maximum atomic E-state index is 14.5. The minimum atomic E-state index is -0.552. The Morgan fingerprint density at radius 2 is 1.71 bits per heavy atom. The molecule has 0 unspecified atom stereocenters. The number of thioether (sulfide) groups is 1. The van der Waals surface area contributed by atoms with Crippen LogP contribution in [0.3, 0.4) is 0 Å². The average Bonchev–Trinajstić information content (AvgIpc) is 3.12. The fourth-order valence-corrected chi connectivity index (χ4v) is 6.39. The monoisotopic (exact) mass is 594 g/mol. The lowest BCUT2D eigenvalue weighted by Gasteiger charge is -2.29. The van der Waals surface area contributed by atoms with Gasteiger partial charge in [-0.2, -0.15) is 0 Å². The van der Waals surface area contributed by atoms with Gasteiger partial charge in [0.1, 0.15) is 5.75 Å². The van der Waals surface area contributed by atoms with E-state index >= 15 is 0 Å². The summed E-state index contributed by atoms with van der Waals surface area (Å²) in [6.45, 7) is 8.54. The van der Waals surface area contributed by atoms with Crippen molar-refractivity contribution in [2.75, 3.05) is 14.2 Å². The van der Waals surface area contributed by atoms with Gasteiger partial charge < -0.3 is 9.64 Å². The van der Waals surface area contributed by atoms with Crippen LogP contribution in [-0.4, -0.2) is 46.7 Å². The number of hydrogen-bond acceptors (Lipinski definition) is 4. The molecule has 1 heterocycles. The van der Waals surface area contributed by atoms with Crippen molar-refractivity contribution in [3.63, 3.8) is 0 Å². The van der Waals surface area contributed by atoms with Gasteiger partial charge in [0.25, 0.3) is 0 Å². The second-order valence-electron chi connectivity index (χ2n) is 10.7.